The van der Waals surface area contributed by atoms with E-state index < -0.39 is 0 Å². The van der Waals surface area contributed by atoms with Gasteiger partial charge in [-0.25, -0.2) is 4.98 Å². The van der Waals surface area contributed by atoms with Crippen LogP contribution in [-0.4, -0.2) is 16.2 Å². The zero-order valence-electron chi connectivity index (χ0n) is 9.14. The van der Waals surface area contributed by atoms with Crippen molar-refractivity contribution in [2.75, 3.05) is 11.2 Å². The molecule has 0 spiro atoms. The number of benzene rings is 1. The van der Waals surface area contributed by atoms with Gasteiger partial charge in [-0.05, 0) is 17.7 Å². The summed E-state index contributed by atoms with van der Waals surface area (Å²) in [6.45, 7) is 0. The predicted octanol–water partition coefficient (Wildman–Crippen LogP) is 2.81. The van der Waals surface area contributed by atoms with Gasteiger partial charge in [0.05, 0.1) is 6.21 Å². The molecule has 2 rings (SSSR count). The Labute approximate surface area is 114 Å². The average molecular weight is 282 g/mol. The number of anilines is 2. The van der Waals surface area contributed by atoms with Gasteiger partial charge < -0.3 is 5.73 Å². The van der Waals surface area contributed by atoms with Gasteiger partial charge in [-0.3, -0.25) is 5.43 Å². The zero-order chi connectivity index (χ0) is 13.0. The lowest BCUT2D eigenvalue weighted by Crippen LogP contribution is -1.99. The third kappa shape index (κ3) is 3.58. The highest BCUT2D eigenvalue weighted by atomic mass is 35.5. The summed E-state index contributed by atoms with van der Waals surface area (Å²) >= 11 is 11.5. The Hall–Kier alpha value is -1.85. The lowest BCUT2D eigenvalue weighted by molar-refractivity contribution is 1.15. The lowest BCUT2D eigenvalue weighted by atomic mass is 10.2. The van der Waals surface area contributed by atoms with E-state index in [0.717, 1.165) is 5.56 Å². The fraction of sp³-hybridized carbons (Fsp3) is 0. The van der Waals surface area contributed by atoms with Gasteiger partial charge in [-0.15, -0.1) is 0 Å². The van der Waals surface area contributed by atoms with Gasteiger partial charge >= 0.3 is 0 Å². The first-order chi connectivity index (χ1) is 8.63. The topological polar surface area (TPSA) is 76.2 Å². The van der Waals surface area contributed by atoms with Gasteiger partial charge in [0, 0.05) is 11.1 Å². The molecule has 5 nitrogen and oxygen atoms in total. The summed E-state index contributed by atoms with van der Waals surface area (Å²) < 4.78 is 0. The Morgan fingerprint density at radius 1 is 1.17 bits per heavy atom. The summed E-state index contributed by atoms with van der Waals surface area (Å²) in [6, 6.07) is 8.77. The Balaban J connectivity index is 2.04. The molecule has 0 aliphatic heterocycles. The predicted molar refractivity (Wildman–Crippen MR) is 74.1 cm³/mol. The Bertz CT molecular complexity index is 548. The fourth-order valence-corrected chi connectivity index (χ4v) is 1.53. The highest BCUT2D eigenvalue weighted by molar-refractivity contribution is 6.30. The van der Waals surface area contributed by atoms with Gasteiger partial charge in [0.15, 0.2) is 5.82 Å². The van der Waals surface area contributed by atoms with Crippen LogP contribution in [0.4, 0.5) is 11.8 Å². The van der Waals surface area contributed by atoms with Crippen molar-refractivity contribution in [2.24, 2.45) is 5.10 Å². The summed E-state index contributed by atoms with van der Waals surface area (Å²) in [6.07, 6.45) is 1.63. The molecular formula is C11H9Cl2N5. The Kier molecular flexibility index (Phi) is 3.96. The molecule has 0 bridgehead atoms. The molecule has 0 aliphatic carbocycles. The molecule has 0 aliphatic rings. The Morgan fingerprint density at radius 3 is 2.56 bits per heavy atom. The summed E-state index contributed by atoms with van der Waals surface area (Å²) in [5, 5.41) is 4.93. The third-order valence-electron chi connectivity index (χ3n) is 1.97. The van der Waals surface area contributed by atoms with Crippen LogP contribution < -0.4 is 11.2 Å². The van der Waals surface area contributed by atoms with E-state index in [1.54, 1.807) is 18.3 Å². The second-order valence-corrected chi connectivity index (χ2v) is 4.18. The number of nitrogen functional groups attached to an aromatic ring is 1. The summed E-state index contributed by atoms with van der Waals surface area (Å²) in [5.74, 6) is 0.518. The van der Waals surface area contributed by atoms with Gasteiger partial charge in [-0.1, -0.05) is 35.3 Å². The van der Waals surface area contributed by atoms with E-state index in [0.29, 0.717) is 10.8 Å². The average Bonchev–Trinajstić information content (AvgIpc) is 2.30. The van der Waals surface area contributed by atoms with Crippen LogP contribution >= 0.6 is 23.2 Å². The lowest BCUT2D eigenvalue weighted by Gasteiger charge is -2.00. The van der Waals surface area contributed by atoms with E-state index in [1.807, 2.05) is 12.1 Å². The normalized spacial score (nSPS) is 10.8. The summed E-state index contributed by atoms with van der Waals surface area (Å²) in [4.78, 5) is 7.65. The maximum Gasteiger partial charge on any atom is 0.223 e. The van der Waals surface area contributed by atoms with Crippen molar-refractivity contribution < 1.29 is 0 Å². The van der Waals surface area contributed by atoms with Crippen LogP contribution in [0.25, 0.3) is 0 Å². The molecule has 0 unspecified atom stereocenters. The van der Waals surface area contributed by atoms with Gasteiger partial charge in [-0.2, -0.15) is 10.1 Å². The fourth-order valence-electron chi connectivity index (χ4n) is 1.21. The summed E-state index contributed by atoms with van der Waals surface area (Å²) in [7, 11) is 0. The van der Waals surface area contributed by atoms with E-state index in [4.69, 9.17) is 28.9 Å². The maximum atomic E-state index is 5.77. The molecule has 1 heterocycles. The van der Waals surface area contributed by atoms with Crippen LogP contribution in [0.2, 0.25) is 10.2 Å². The summed E-state index contributed by atoms with van der Waals surface area (Å²) in [5.41, 5.74) is 9.06. The molecule has 7 heteroatoms. The van der Waals surface area contributed by atoms with Gasteiger partial charge in [0.1, 0.15) is 5.15 Å². The monoisotopic (exact) mass is 281 g/mol. The minimum absolute atomic E-state index is 0.0895. The number of aromatic nitrogens is 2. The molecule has 2 aromatic rings. The van der Waals surface area contributed by atoms with Crippen LogP contribution in [0.1, 0.15) is 5.56 Å². The molecule has 92 valence electrons. The number of rotatable bonds is 3. The van der Waals surface area contributed by atoms with Crippen LogP contribution in [0.3, 0.4) is 0 Å². The van der Waals surface area contributed by atoms with Crippen molar-refractivity contribution in [3.63, 3.8) is 0 Å². The molecule has 0 amide bonds. The number of nitrogens with zero attached hydrogens (tertiary/aromatic N) is 3. The minimum Gasteiger partial charge on any atom is -0.368 e. The van der Waals surface area contributed by atoms with Crippen LogP contribution in [-0.2, 0) is 0 Å². The van der Waals surface area contributed by atoms with Crippen molar-refractivity contribution in [1.82, 2.24) is 9.97 Å². The first-order valence-corrected chi connectivity index (χ1v) is 5.74. The van der Waals surface area contributed by atoms with E-state index in [2.05, 4.69) is 20.5 Å². The van der Waals surface area contributed by atoms with Crippen LogP contribution in [0, 0.1) is 0 Å². The number of hydrogen-bond acceptors (Lipinski definition) is 5. The second-order valence-electron chi connectivity index (χ2n) is 3.36. The van der Waals surface area contributed by atoms with Crippen LogP contribution in [0.5, 0.6) is 0 Å². The number of hydrazone groups is 1. The molecule has 1 aromatic heterocycles. The highest BCUT2D eigenvalue weighted by Crippen LogP contribution is 2.12. The molecular weight excluding hydrogens is 273 g/mol. The van der Waals surface area contributed by atoms with E-state index >= 15 is 0 Å². The molecule has 0 saturated carbocycles. The first kappa shape index (κ1) is 12.6. The molecule has 0 atom stereocenters. The maximum absolute atomic E-state index is 5.77. The molecule has 0 fully saturated rings. The number of hydrogen-bond donors (Lipinski definition) is 2. The van der Waals surface area contributed by atoms with Crippen molar-refractivity contribution in [3.8, 4) is 0 Å². The van der Waals surface area contributed by atoms with Gasteiger partial charge in [0.2, 0.25) is 5.95 Å². The van der Waals surface area contributed by atoms with E-state index in [9.17, 15) is 0 Å². The first-order valence-electron chi connectivity index (χ1n) is 4.98. The Morgan fingerprint density at radius 2 is 1.89 bits per heavy atom. The second kappa shape index (κ2) is 5.66. The third-order valence-corrected chi connectivity index (χ3v) is 2.42. The minimum atomic E-state index is 0.0895. The molecule has 18 heavy (non-hydrogen) atoms. The van der Waals surface area contributed by atoms with E-state index in [-0.39, 0.29) is 11.1 Å². The van der Waals surface area contributed by atoms with E-state index in [1.165, 1.54) is 6.07 Å². The van der Waals surface area contributed by atoms with Crippen molar-refractivity contribution in [2.45, 2.75) is 0 Å². The smallest absolute Gasteiger partial charge is 0.223 e. The van der Waals surface area contributed by atoms with Crippen molar-refractivity contribution in [1.29, 1.82) is 0 Å². The SMILES string of the molecule is Nc1nc(Cl)cc(N/N=C/c2ccc(Cl)cc2)n1. The van der Waals surface area contributed by atoms with Crippen LogP contribution in [0.15, 0.2) is 35.4 Å². The quantitative estimate of drug-likeness (QED) is 0.515. The zero-order valence-corrected chi connectivity index (χ0v) is 10.7. The number of halogens is 2. The number of nitrogens with two attached hydrogens (primary N) is 1. The standard InChI is InChI=1S/C11H9Cl2N5/c12-8-3-1-7(2-4-8)6-15-18-10-5-9(13)16-11(14)17-10/h1-6H,(H3,14,16,17,18)/b15-6+. The van der Waals surface area contributed by atoms with Gasteiger partial charge in [0.25, 0.3) is 0 Å². The number of nitrogens with one attached hydrogen (secondary N) is 1. The molecule has 0 radical (unpaired) electrons. The highest BCUT2D eigenvalue weighted by Gasteiger charge is 1.98. The van der Waals surface area contributed by atoms with Crippen molar-refractivity contribution in [3.05, 3.63) is 46.1 Å². The molecule has 3 N–H and O–H groups in total. The molecule has 0 saturated heterocycles. The molecule has 1 aromatic carbocycles. The van der Waals surface area contributed by atoms with Crippen molar-refractivity contribution >= 4 is 41.2 Å². The largest absolute Gasteiger partial charge is 0.368 e.